The van der Waals surface area contributed by atoms with Gasteiger partial charge in [-0.05, 0) is 67.7 Å². The highest BCUT2D eigenvalue weighted by molar-refractivity contribution is 7.99. The van der Waals surface area contributed by atoms with Crippen molar-refractivity contribution in [2.24, 2.45) is 0 Å². The summed E-state index contributed by atoms with van der Waals surface area (Å²) in [5, 5.41) is 15.9. The van der Waals surface area contributed by atoms with Crippen molar-refractivity contribution < 1.29 is 27.3 Å². The Bertz CT molecular complexity index is 1780. The van der Waals surface area contributed by atoms with Gasteiger partial charge in [-0.15, -0.1) is 0 Å². The number of aliphatic hydroxyl groups is 1. The number of hydrogen-bond donors (Lipinski definition) is 5. The van der Waals surface area contributed by atoms with Crippen molar-refractivity contribution in [2.45, 2.75) is 29.7 Å². The number of aliphatic hydroxyl groups excluding tert-OH is 1. The van der Waals surface area contributed by atoms with Gasteiger partial charge in [0.2, 0.25) is 5.95 Å². The average molecular weight is 625 g/mol. The molecule has 14 heteroatoms. The predicted molar refractivity (Wildman–Crippen MR) is 168 cm³/mol. The van der Waals surface area contributed by atoms with E-state index in [1.54, 1.807) is 86.8 Å². The molecule has 1 aromatic heterocycles. The van der Waals surface area contributed by atoms with Gasteiger partial charge in [-0.3, -0.25) is 4.72 Å². The van der Waals surface area contributed by atoms with E-state index in [4.69, 9.17) is 4.74 Å². The molecule has 0 aliphatic carbocycles. The Morgan fingerprint density at radius 3 is 2.35 bits per heavy atom. The average Bonchev–Trinajstić information content (AvgIpc) is 2.98. The van der Waals surface area contributed by atoms with Crippen molar-refractivity contribution in [1.82, 2.24) is 14.7 Å². The molecule has 0 aliphatic rings. The topological polar surface area (TPSA) is 172 Å². The third kappa shape index (κ3) is 8.22. The van der Waals surface area contributed by atoms with Crippen molar-refractivity contribution in [1.29, 1.82) is 0 Å². The van der Waals surface area contributed by atoms with Crippen LogP contribution in [0.25, 0.3) is 11.1 Å². The van der Waals surface area contributed by atoms with Crippen LogP contribution in [-0.4, -0.2) is 58.9 Å². The SMILES string of the molecule is C=S(=O)(NC(=O)OCC)c1cccc(Nc2ncc(-c3ccc(NS(=O)(=O)c4ccccc4)cc3)c(N[C@H](C)CO)n2)c1. The van der Waals surface area contributed by atoms with Gasteiger partial charge in [0.05, 0.1) is 32.7 Å². The molecule has 2 atom stereocenters. The second-order valence-electron chi connectivity index (χ2n) is 9.33. The number of aromatic nitrogens is 2. The summed E-state index contributed by atoms with van der Waals surface area (Å²) in [6.07, 6.45) is 0.747. The molecule has 12 nitrogen and oxygen atoms in total. The van der Waals surface area contributed by atoms with Crippen LogP contribution >= 0.6 is 0 Å². The first-order valence-corrected chi connectivity index (χ1v) is 16.3. The minimum atomic E-state index is -3.75. The Labute approximate surface area is 250 Å². The maximum Gasteiger partial charge on any atom is 0.418 e. The molecule has 226 valence electrons. The van der Waals surface area contributed by atoms with Crippen molar-refractivity contribution >= 4 is 54.8 Å². The van der Waals surface area contributed by atoms with Crippen LogP contribution in [-0.2, 0) is 24.5 Å². The number of nitrogens with zero attached hydrogens (tertiary/aromatic N) is 2. The van der Waals surface area contributed by atoms with Gasteiger partial charge in [-0.1, -0.05) is 36.4 Å². The molecule has 0 spiro atoms. The number of hydrogen-bond acceptors (Lipinski definition) is 10. The van der Waals surface area contributed by atoms with E-state index in [0.29, 0.717) is 28.3 Å². The highest BCUT2D eigenvalue weighted by Crippen LogP contribution is 2.30. The number of sulfonamides is 1. The zero-order chi connectivity index (χ0) is 31.0. The highest BCUT2D eigenvalue weighted by atomic mass is 32.2. The van der Waals surface area contributed by atoms with Crippen molar-refractivity contribution in [3.05, 3.63) is 85.1 Å². The maximum atomic E-state index is 13.0. The molecule has 43 heavy (non-hydrogen) atoms. The van der Waals surface area contributed by atoms with Gasteiger partial charge in [0.25, 0.3) is 10.0 Å². The van der Waals surface area contributed by atoms with Crippen molar-refractivity contribution in [3.8, 4) is 11.1 Å². The van der Waals surface area contributed by atoms with E-state index < -0.39 is 25.8 Å². The molecule has 0 saturated carbocycles. The Balaban J connectivity index is 1.58. The lowest BCUT2D eigenvalue weighted by atomic mass is 10.1. The van der Waals surface area contributed by atoms with E-state index in [2.05, 4.69) is 35.9 Å². The van der Waals surface area contributed by atoms with Gasteiger partial charge in [-0.2, -0.15) is 4.98 Å². The summed E-state index contributed by atoms with van der Waals surface area (Å²) in [6.45, 7) is 3.39. The number of rotatable bonds is 12. The molecule has 1 amide bonds. The molecule has 1 unspecified atom stereocenters. The van der Waals surface area contributed by atoms with Crippen molar-refractivity contribution in [3.63, 3.8) is 0 Å². The summed E-state index contributed by atoms with van der Waals surface area (Å²) >= 11 is 0. The molecular weight excluding hydrogens is 592 g/mol. The third-order valence-corrected chi connectivity index (χ3v) is 8.85. The maximum absolute atomic E-state index is 13.0. The van der Waals surface area contributed by atoms with Crippen LogP contribution in [0.15, 0.2) is 94.9 Å². The number of amides is 1. The van der Waals surface area contributed by atoms with Gasteiger partial charge in [0, 0.05) is 29.2 Å². The van der Waals surface area contributed by atoms with E-state index in [9.17, 15) is 22.5 Å². The van der Waals surface area contributed by atoms with Crippen LogP contribution in [0.3, 0.4) is 0 Å². The molecule has 0 aliphatic heterocycles. The zero-order valence-corrected chi connectivity index (χ0v) is 25.1. The smallest absolute Gasteiger partial charge is 0.418 e. The molecule has 3 aromatic carbocycles. The van der Waals surface area contributed by atoms with Gasteiger partial charge in [0.15, 0.2) is 0 Å². The van der Waals surface area contributed by atoms with Crippen LogP contribution in [0.4, 0.5) is 27.9 Å². The van der Waals surface area contributed by atoms with Gasteiger partial charge in [-0.25, -0.2) is 27.1 Å². The lowest BCUT2D eigenvalue weighted by Gasteiger charge is -2.17. The Morgan fingerprint density at radius 1 is 0.977 bits per heavy atom. The van der Waals surface area contributed by atoms with Crippen LogP contribution in [0.1, 0.15) is 13.8 Å². The highest BCUT2D eigenvalue weighted by Gasteiger charge is 2.17. The van der Waals surface area contributed by atoms with Gasteiger partial charge >= 0.3 is 6.09 Å². The summed E-state index contributed by atoms with van der Waals surface area (Å²) in [7, 11) is -6.93. The molecule has 0 saturated heterocycles. The van der Waals surface area contributed by atoms with Gasteiger partial charge in [0.1, 0.15) is 5.82 Å². The number of anilines is 4. The van der Waals surface area contributed by atoms with Crippen LogP contribution in [0, 0.1) is 0 Å². The summed E-state index contributed by atoms with van der Waals surface area (Å²) in [4.78, 5) is 21.2. The first-order chi connectivity index (χ1) is 20.5. The van der Waals surface area contributed by atoms with E-state index >= 15 is 0 Å². The summed E-state index contributed by atoms with van der Waals surface area (Å²) in [5.74, 6) is 4.26. The summed E-state index contributed by atoms with van der Waals surface area (Å²) in [6, 6.07) is 20.9. The van der Waals surface area contributed by atoms with Crippen LogP contribution in [0.5, 0.6) is 0 Å². The largest absolute Gasteiger partial charge is 0.449 e. The number of nitrogens with one attached hydrogen (secondary N) is 4. The fraction of sp³-hybridized carbons (Fsp3) is 0.172. The Hall–Kier alpha value is -4.66. The number of carbonyl (C=O) groups is 1. The number of carbonyl (C=O) groups excluding carboxylic acids is 1. The normalized spacial score (nSPS) is 13.3. The predicted octanol–water partition coefficient (Wildman–Crippen LogP) is 4.22. The molecule has 4 aromatic rings. The lowest BCUT2D eigenvalue weighted by Crippen LogP contribution is -2.31. The van der Waals surface area contributed by atoms with Crippen LogP contribution in [0.2, 0.25) is 0 Å². The minimum absolute atomic E-state index is 0.124. The second-order valence-corrected chi connectivity index (χ2v) is 13.0. The van der Waals surface area contributed by atoms with Gasteiger partial charge < -0.3 is 20.5 Å². The Kier molecular flexibility index (Phi) is 9.85. The van der Waals surface area contributed by atoms with E-state index in [-0.39, 0.29) is 35.0 Å². The molecule has 4 rings (SSSR count). The fourth-order valence-corrected chi connectivity index (χ4v) is 5.98. The fourth-order valence-electron chi connectivity index (χ4n) is 3.84. The van der Waals surface area contributed by atoms with E-state index in [1.807, 2.05) is 0 Å². The first kappa shape index (κ1) is 31.3. The summed E-state index contributed by atoms with van der Waals surface area (Å²) < 4.78 is 48.0. The lowest BCUT2D eigenvalue weighted by molar-refractivity contribution is 0.159. The molecular formula is C29H32N6O6S2. The zero-order valence-electron chi connectivity index (χ0n) is 23.5. The Morgan fingerprint density at radius 2 is 1.67 bits per heavy atom. The monoisotopic (exact) mass is 624 g/mol. The van der Waals surface area contributed by atoms with E-state index in [1.165, 1.54) is 12.1 Å². The van der Waals surface area contributed by atoms with Crippen LogP contribution < -0.4 is 20.1 Å². The molecule has 0 bridgehead atoms. The quantitative estimate of drug-likeness (QED) is 0.144. The molecule has 1 heterocycles. The van der Waals surface area contributed by atoms with Crippen molar-refractivity contribution in [2.75, 3.05) is 28.6 Å². The number of benzene rings is 3. The minimum Gasteiger partial charge on any atom is -0.449 e. The molecule has 0 radical (unpaired) electrons. The standard InChI is InChI=1S/C29H32N6O6S2/c1-4-41-29(37)35-42(3,38)25-12-8-9-23(17-25)32-28-30-18-26(27(33-28)31-20(2)19-36)21-13-15-22(16-14-21)34-43(39,40)24-10-6-5-7-11-24/h5-18,20,34,36H,3-4,19H2,1-2H3,(H,35,37,38)(H2,30,31,32,33)/t20-,42?/m1/s1. The first-order valence-electron chi connectivity index (χ1n) is 13.1. The second kappa shape index (κ2) is 13.5. The summed E-state index contributed by atoms with van der Waals surface area (Å²) in [5.41, 5.74) is 2.18. The number of ether oxygens (including phenoxy) is 1. The molecule has 5 N–H and O–H groups in total. The van der Waals surface area contributed by atoms with E-state index in [0.717, 1.165) is 0 Å². The third-order valence-electron chi connectivity index (χ3n) is 5.94. The molecule has 0 fully saturated rings.